The Morgan fingerprint density at radius 3 is 2.32 bits per heavy atom. The third-order valence-corrected chi connectivity index (χ3v) is 4.49. The van der Waals surface area contributed by atoms with Crippen LogP contribution in [0.15, 0.2) is 18.2 Å². The number of hydrogen-bond acceptors (Lipinski definition) is 4. The van der Waals surface area contributed by atoms with E-state index in [0.29, 0.717) is 5.92 Å². The standard InChI is InChI=1S/C14H21BN2O2/c1-13(2)14(3,4)19-15(18-13)12-7-5-6-11(17-12)10-8-16-9-10/h5-7,10,16H,8-9H2,1-4H3. The summed E-state index contributed by atoms with van der Waals surface area (Å²) >= 11 is 0. The molecule has 0 atom stereocenters. The zero-order valence-corrected chi connectivity index (χ0v) is 12.1. The minimum atomic E-state index is -0.363. The van der Waals surface area contributed by atoms with E-state index in [1.807, 2.05) is 12.1 Å². The molecule has 0 aromatic carbocycles. The maximum Gasteiger partial charge on any atom is 0.514 e. The molecule has 2 aliphatic heterocycles. The summed E-state index contributed by atoms with van der Waals surface area (Å²) in [7, 11) is -0.363. The normalized spacial score (nSPS) is 25.4. The molecular formula is C14H21BN2O2. The Morgan fingerprint density at radius 2 is 1.79 bits per heavy atom. The van der Waals surface area contributed by atoms with Gasteiger partial charge in [-0.05, 0) is 39.8 Å². The molecule has 2 aliphatic rings. The minimum absolute atomic E-state index is 0.312. The van der Waals surface area contributed by atoms with Gasteiger partial charge < -0.3 is 14.6 Å². The second kappa shape index (κ2) is 4.30. The Balaban J connectivity index is 1.83. The highest BCUT2D eigenvalue weighted by atomic mass is 16.7. The van der Waals surface area contributed by atoms with Gasteiger partial charge in [0.05, 0.1) is 16.8 Å². The number of nitrogens with zero attached hydrogens (tertiary/aromatic N) is 1. The molecule has 102 valence electrons. The van der Waals surface area contributed by atoms with Crippen LogP contribution in [0.1, 0.15) is 39.3 Å². The predicted octanol–water partition coefficient (Wildman–Crippen LogP) is 1.07. The van der Waals surface area contributed by atoms with Crippen LogP contribution in [0.2, 0.25) is 0 Å². The zero-order valence-electron chi connectivity index (χ0n) is 12.1. The molecule has 19 heavy (non-hydrogen) atoms. The molecule has 0 spiro atoms. The number of pyridine rings is 1. The highest BCUT2D eigenvalue weighted by Gasteiger charge is 2.52. The van der Waals surface area contributed by atoms with Crippen LogP contribution in [0.3, 0.4) is 0 Å². The fourth-order valence-electron chi connectivity index (χ4n) is 2.29. The summed E-state index contributed by atoms with van der Waals surface area (Å²) in [6, 6.07) is 6.11. The van der Waals surface area contributed by atoms with Crippen molar-refractivity contribution in [3.05, 3.63) is 23.9 Å². The number of nitrogens with one attached hydrogen (secondary N) is 1. The lowest BCUT2D eigenvalue weighted by atomic mass is 9.83. The SMILES string of the molecule is CC1(C)OB(c2cccc(C3CNC3)n2)OC1(C)C. The Morgan fingerprint density at radius 1 is 1.16 bits per heavy atom. The molecule has 0 unspecified atom stereocenters. The summed E-state index contributed by atoms with van der Waals surface area (Å²) in [5, 5.41) is 3.27. The van der Waals surface area contributed by atoms with E-state index in [-0.39, 0.29) is 18.3 Å². The monoisotopic (exact) mass is 260 g/mol. The van der Waals surface area contributed by atoms with E-state index in [0.717, 1.165) is 24.4 Å². The number of rotatable bonds is 2. The van der Waals surface area contributed by atoms with Crippen molar-refractivity contribution in [2.75, 3.05) is 13.1 Å². The summed E-state index contributed by atoms with van der Waals surface area (Å²) in [6.45, 7) is 10.3. The highest BCUT2D eigenvalue weighted by molar-refractivity contribution is 6.61. The first kappa shape index (κ1) is 13.1. The summed E-state index contributed by atoms with van der Waals surface area (Å²) in [5.74, 6) is 0.530. The summed E-state index contributed by atoms with van der Waals surface area (Å²) < 4.78 is 12.1. The largest absolute Gasteiger partial charge is 0.514 e. The fraction of sp³-hybridized carbons (Fsp3) is 0.643. The Labute approximate surface area is 115 Å². The van der Waals surface area contributed by atoms with E-state index in [1.165, 1.54) is 0 Å². The van der Waals surface area contributed by atoms with Gasteiger partial charge in [0.1, 0.15) is 0 Å². The van der Waals surface area contributed by atoms with Gasteiger partial charge in [0.15, 0.2) is 0 Å². The molecule has 0 amide bonds. The van der Waals surface area contributed by atoms with Gasteiger partial charge in [0.25, 0.3) is 0 Å². The van der Waals surface area contributed by atoms with E-state index < -0.39 is 0 Å². The molecule has 1 aromatic heterocycles. The quantitative estimate of drug-likeness (QED) is 0.808. The summed E-state index contributed by atoms with van der Waals surface area (Å²) in [5.41, 5.74) is 1.38. The second-order valence-electron chi connectivity index (χ2n) is 6.43. The maximum absolute atomic E-state index is 6.04. The Hall–Kier alpha value is -0.905. The first-order chi connectivity index (χ1) is 8.89. The topological polar surface area (TPSA) is 43.4 Å². The van der Waals surface area contributed by atoms with Crippen LogP contribution in [0, 0.1) is 0 Å². The number of aromatic nitrogens is 1. The summed E-state index contributed by atoms with van der Waals surface area (Å²) in [6.07, 6.45) is 0. The molecule has 1 N–H and O–H groups in total. The van der Waals surface area contributed by atoms with Gasteiger partial charge in [0, 0.05) is 24.7 Å². The molecule has 1 aromatic rings. The van der Waals surface area contributed by atoms with E-state index >= 15 is 0 Å². The molecule has 4 nitrogen and oxygen atoms in total. The van der Waals surface area contributed by atoms with Gasteiger partial charge in [-0.15, -0.1) is 0 Å². The zero-order chi connectivity index (χ0) is 13.7. The van der Waals surface area contributed by atoms with Gasteiger partial charge in [-0.25, -0.2) is 0 Å². The van der Waals surface area contributed by atoms with Crippen molar-refractivity contribution in [1.82, 2.24) is 10.3 Å². The maximum atomic E-state index is 6.04. The molecule has 0 radical (unpaired) electrons. The fourth-order valence-corrected chi connectivity index (χ4v) is 2.29. The third-order valence-electron chi connectivity index (χ3n) is 4.49. The lowest BCUT2D eigenvalue weighted by molar-refractivity contribution is 0.00578. The molecule has 0 bridgehead atoms. The minimum Gasteiger partial charge on any atom is -0.398 e. The van der Waals surface area contributed by atoms with Crippen molar-refractivity contribution < 1.29 is 9.31 Å². The molecular weight excluding hydrogens is 239 g/mol. The van der Waals surface area contributed by atoms with Crippen molar-refractivity contribution in [3.8, 4) is 0 Å². The predicted molar refractivity (Wildman–Crippen MR) is 75.6 cm³/mol. The van der Waals surface area contributed by atoms with Crippen molar-refractivity contribution in [1.29, 1.82) is 0 Å². The third kappa shape index (κ3) is 2.20. The van der Waals surface area contributed by atoms with E-state index in [4.69, 9.17) is 14.3 Å². The Kier molecular flexibility index (Phi) is 2.96. The van der Waals surface area contributed by atoms with Gasteiger partial charge in [-0.3, -0.25) is 4.98 Å². The van der Waals surface area contributed by atoms with Crippen LogP contribution in [-0.2, 0) is 9.31 Å². The lowest BCUT2D eigenvalue weighted by Crippen LogP contribution is -2.42. The van der Waals surface area contributed by atoms with Gasteiger partial charge in [0.2, 0.25) is 0 Å². The Bertz CT molecular complexity index is 470. The van der Waals surface area contributed by atoms with Crippen molar-refractivity contribution in [2.45, 2.75) is 44.8 Å². The van der Waals surface area contributed by atoms with Crippen LogP contribution in [0.4, 0.5) is 0 Å². The second-order valence-corrected chi connectivity index (χ2v) is 6.43. The van der Waals surface area contributed by atoms with Crippen LogP contribution in [0.5, 0.6) is 0 Å². The molecule has 2 fully saturated rings. The van der Waals surface area contributed by atoms with Gasteiger partial charge in [-0.2, -0.15) is 0 Å². The first-order valence-electron chi connectivity index (χ1n) is 6.92. The molecule has 3 heterocycles. The first-order valence-corrected chi connectivity index (χ1v) is 6.92. The van der Waals surface area contributed by atoms with E-state index in [1.54, 1.807) is 0 Å². The van der Waals surface area contributed by atoms with Gasteiger partial charge in [-0.1, -0.05) is 6.07 Å². The average Bonchev–Trinajstić information content (AvgIpc) is 2.46. The molecule has 0 saturated carbocycles. The highest BCUT2D eigenvalue weighted by Crippen LogP contribution is 2.36. The average molecular weight is 260 g/mol. The molecule has 3 rings (SSSR count). The van der Waals surface area contributed by atoms with Crippen molar-refractivity contribution in [3.63, 3.8) is 0 Å². The van der Waals surface area contributed by atoms with Crippen molar-refractivity contribution >= 4 is 12.7 Å². The molecule has 0 aliphatic carbocycles. The molecule has 2 saturated heterocycles. The van der Waals surface area contributed by atoms with E-state index in [9.17, 15) is 0 Å². The molecule has 5 heteroatoms. The number of hydrogen-bond donors (Lipinski definition) is 1. The van der Waals surface area contributed by atoms with Crippen LogP contribution in [-0.4, -0.2) is 36.4 Å². The van der Waals surface area contributed by atoms with Crippen LogP contribution in [0.25, 0.3) is 0 Å². The van der Waals surface area contributed by atoms with E-state index in [2.05, 4.69) is 39.1 Å². The smallest absolute Gasteiger partial charge is 0.398 e. The van der Waals surface area contributed by atoms with Crippen LogP contribution < -0.4 is 10.9 Å². The van der Waals surface area contributed by atoms with Gasteiger partial charge >= 0.3 is 7.12 Å². The van der Waals surface area contributed by atoms with Crippen LogP contribution >= 0.6 is 0 Å². The lowest BCUT2D eigenvalue weighted by Gasteiger charge is -2.32. The van der Waals surface area contributed by atoms with Crippen molar-refractivity contribution in [2.24, 2.45) is 0 Å². The summed E-state index contributed by atoms with van der Waals surface area (Å²) in [4.78, 5) is 4.72.